The van der Waals surface area contributed by atoms with E-state index in [0.717, 1.165) is 0 Å². The number of halogens is 2. The van der Waals surface area contributed by atoms with Crippen molar-refractivity contribution in [3.8, 4) is 0 Å². The average molecular weight is 412 g/mol. The van der Waals surface area contributed by atoms with Crippen LogP contribution in [0.4, 0.5) is 8.78 Å². The van der Waals surface area contributed by atoms with E-state index in [1.807, 2.05) is 0 Å². The molecule has 1 heterocycles. The second kappa shape index (κ2) is 7.36. The van der Waals surface area contributed by atoms with Crippen molar-refractivity contribution in [2.24, 2.45) is 5.73 Å². The molecular formula is C5H13BiF2N2S2. The normalized spacial score (nSPS) is 18.6. The molecule has 0 spiro atoms. The van der Waals surface area contributed by atoms with E-state index in [4.69, 9.17) is 5.73 Å². The topological polar surface area (TPSA) is 38.0 Å². The van der Waals surface area contributed by atoms with Gasteiger partial charge in [-0.15, -0.1) is 12.6 Å². The van der Waals surface area contributed by atoms with Crippen molar-refractivity contribution in [1.82, 2.24) is 5.32 Å². The molecule has 1 rings (SSSR count). The van der Waals surface area contributed by atoms with Crippen molar-refractivity contribution in [3.63, 3.8) is 0 Å². The van der Waals surface area contributed by atoms with Gasteiger partial charge in [0.25, 0.3) is 5.92 Å². The van der Waals surface area contributed by atoms with Gasteiger partial charge in [-0.1, -0.05) is 12.2 Å². The van der Waals surface area contributed by atoms with Crippen molar-refractivity contribution >= 4 is 55.4 Å². The molecule has 0 unspecified atom stereocenters. The van der Waals surface area contributed by atoms with Gasteiger partial charge in [0.05, 0.1) is 6.54 Å². The maximum atomic E-state index is 11.9. The van der Waals surface area contributed by atoms with Gasteiger partial charge in [0.1, 0.15) is 4.32 Å². The summed E-state index contributed by atoms with van der Waals surface area (Å²) in [5.41, 5.74) is 4.71. The zero-order valence-electron chi connectivity index (χ0n) is 6.52. The van der Waals surface area contributed by atoms with Crippen LogP contribution in [0.3, 0.4) is 0 Å². The first-order valence-corrected chi connectivity index (χ1v) is 3.86. The molecule has 12 heavy (non-hydrogen) atoms. The summed E-state index contributed by atoms with van der Waals surface area (Å²) in [6.07, 6.45) is 0.00694. The third-order valence-electron chi connectivity index (χ3n) is 1.05. The summed E-state index contributed by atoms with van der Waals surface area (Å²) in [5, 5.41) is 2.56. The summed E-state index contributed by atoms with van der Waals surface area (Å²) in [6.45, 7) is 0.333. The fourth-order valence-electron chi connectivity index (χ4n) is 0.631. The van der Waals surface area contributed by atoms with Gasteiger partial charge in [-0.25, -0.2) is 8.78 Å². The molecule has 0 aromatic rings. The first kappa shape index (κ1) is 15.4. The summed E-state index contributed by atoms with van der Waals surface area (Å²) in [7, 11) is 0. The van der Waals surface area contributed by atoms with Crippen LogP contribution in [0, 0.1) is 0 Å². The predicted octanol–water partition coefficient (Wildman–Crippen LogP) is -0.409. The Morgan fingerprint density at radius 3 is 2.08 bits per heavy atom. The average Bonchev–Trinajstić information content (AvgIpc) is 2.11. The van der Waals surface area contributed by atoms with Crippen molar-refractivity contribution in [2.75, 3.05) is 13.1 Å². The van der Waals surface area contributed by atoms with Crippen LogP contribution in [0.5, 0.6) is 0 Å². The number of rotatable bonds is 0. The fraction of sp³-hybridized carbons (Fsp3) is 0.800. The minimum atomic E-state index is -2.42. The Kier molecular flexibility index (Phi) is 9.45. The van der Waals surface area contributed by atoms with E-state index in [1.165, 1.54) is 0 Å². The molecule has 0 radical (unpaired) electrons. The quantitative estimate of drug-likeness (QED) is 0.288. The van der Waals surface area contributed by atoms with Crippen LogP contribution in [0.25, 0.3) is 0 Å². The fourth-order valence-corrected chi connectivity index (χ4v) is 0.631. The van der Waals surface area contributed by atoms with E-state index in [2.05, 4.69) is 30.2 Å². The first-order chi connectivity index (χ1) is 4.94. The van der Waals surface area contributed by atoms with Crippen LogP contribution in [0.15, 0.2) is 0 Å². The Morgan fingerprint density at radius 2 is 2.00 bits per heavy atom. The first-order valence-electron chi connectivity index (χ1n) is 3.01. The number of alkyl halides is 2. The molecule has 0 aliphatic carbocycles. The zero-order chi connectivity index (χ0) is 8.91. The number of thiocarbonyl (C=S) groups is 1. The molecule has 74 valence electrons. The molecule has 7 heteroatoms. The van der Waals surface area contributed by atoms with E-state index >= 15 is 0 Å². The van der Waals surface area contributed by atoms with Gasteiger partial charge in [-0.05, 0) is 0 Å². The Labute approximate surface area is 100 Å². The standard InChI is InChI=1S/C4H7F2N.CH3NS2.Bi.3H/c5-4(6)1-2-7-3-4;2-1(3)4;;;;/h7H,1-3H2;(H3,2,3,4);;;;. The maximum absolute atomic E-state index is 11.9. The summed E-state index contributed by atoms with van der Waals surface area (Å²) in [6, 6.07) is 0. The van der Waals surface area contributed by atoms with Crippen LogP contribution in [0.2, 0.25) is 0 Å². The molecule has 2 nitrogen and oxygen atoms in total. The Bertz CT molecular complexity index is 133. The molecule has 0 aromatic heterocycles. The van der Waals surface area contributed by atoms with Crippen molar-refractivity contribution in [3.05, 3.63) is 0 Å². The van der Waals surface area contributed by atoms with Crippen LogP contribution in [0.1, 0.15) is 6.42 Å². The summed E-state index contributed by atoms with van der Waals surface area (Å²) in [5.74, 6) is -2.42. The Hall–Kier alpha value is 0.943. The molecule has 1 aliphatic heterocycles. The molecule has 1 saturated heterocycles. The van der Waals surface area contributed by atoms with Crippen molar-refractivity contribution in [2.45, 2.75) is 12.3 Å². The summed E-state index contributed by atoms with van der Waals surface area (Å²) in [4.78, 5) is 0. The summed E-state index contributed by atoms with van der Waals surface area (Å²) >= 11 is 7.65. The van der Waals surface area contributed by atoms with Gasteiger partial charge < -0.3 is 11.1 Å². The summed E-state index contributed by atoms with van der Waals surface area (Å²) < 4.78 is 24.0. The molecule has 0 saturated carbocycles. The molecule has 0 atom stereocenters. The van der Waals surface area contributed by atoms with Gasteiger partial charge in [0.2, 0.25) is 0 Å². The Balaban J connectivity index is 0. The van der Waals surface area contributed by atoms with E-state index in [-0.39, 0.29) is 43.5 Å². The second-order valence-corrected chi connectivity index (χ2v) is 3.35. The van der Waals surface area contributed by atoms with Crippen LogP contribution >= 0.6 is 24.8 Å². The SMILES string of the molecule is FC1(F)CCNC1.NC(=S)S.[BiH3]. The monoisotopic (exact) mass is 412 g/mol. The second-order valence-electron chi connectivity index (χ2n) is 2.12. The predicted molar refractivity (Wildman–Crippen MR) is 58.1 cm³/mol. The van der Waals surface area contributed by atoms with Gasteiger partial charge in [0, 0.05) is 13.0 Å². The van der Waals surface area contributed by atoms with Gasteiger partial charge >= 0.3 is 26.2 Å². The third kappa shape index (κ3) is 10.9. The zero-order valence-corrected chi connectivity index (χ0v) is 13.7. The number of nitrogens with one attached hydrogen (secondary N) is 1. The number of hydrogen-bond donors (Lipinski definition) is 3. The third-order valence-corrected chi connectivity index (χ3v) is 1.05. The van der Waals surface area contributed by atoms with Gasteiger partial charge in [-0.3, -0.25) is 0 Å². The molecule has 3 N–H and O–H groups in total. The Morgan fingerprint density at radius 1 is 1.58 bits per heavy atom. The van der Waals surface area contributed by atoms with E-state index in [0.29, 0.717) is 6.54 Å². The van der Waals surface area contributed by atoms with Crippen LogP contribution < -0.4 is 11.1 Å². The number of nitrogens with two attached hydrogens (primary N) is 1. The minimum absolute atomic E-state index is 0. The van der Waals surface area contributed by atoms with E-state index < -0.39 is 5.92 Å². The van der Waals surface area contributed by atoms with E-state index in [9.17, 15) is 8.78 Å². The molecular weight excluding hydrogens is 399 g/mol. The molecule has 0 bridgehead atoms. The van der Waals surface area contributed by atoms with Gasteiger partial charge in [-0.2, -0.15) is 0 Å². The molecule has 0 aromatic carbocycles. The number of hydrogen-bond acceptors (Lipinski definition) is 2. The van der Waals surface area contributed by atoms with E-state index in [1.54, 1.807) is 0 Å². The van der Waals surface area contributed by atoms with Crippen LogP contribution in [-0.2, 0) is 0 Å². The van der Waals surface area contributed by atoms with Gasteiger partial charge in [0.15, 0.2) is 0 Å². The molecule has 0 amide bonds. The van der Waals surface area contributed by atoms with Crippen molar-refractivity contribution < 1.29 is 8.78 Å². The van der Waals surface area contributed by atoms with Crippen LogP contribution in [-0.4, -0.2) is 49.5 Å². The molecule has 1 aliphatic rings. The number of thiol groups is 1. The molecule has 1 fully saturated rings. The van der Waals surface area contributed by atoms with Crippen molar-refractivity contribution in [1.29, 1.82) is 0 Å².